The summed E-state index contributed by atoms with van der Waals surface area (Å²) in [4.78, 5) is 26.6. The van der Waals surface area contributed by atoms with E-state index in [2.05, 4.69) is 20.4 Å². The van der Waals surface area contributed by atoms with E-state index in [-0.39, 0.29) is 17.2 Å². The highest BCUT2D eigenvalue weighted by atomic mass is 16.2. The Kier molecular flexibility index (Phi) is 5.59. The van der Waals surface area contributed by atoms with E-state index < -0.39 is 0 Å². The van der Waals surface area contributed by atoms with Crippen LogP contribution in [0.3, 0.4) is 0 Å². The molecule has 3 rings (SSSR count). The summed E-state index contributed by atoms with van der Waals surface area (Å²) in [6, 6.07) is 7.04. The second-order valence-electron chi connectivity index (χ2n) is 6.31. The Morgan fingerprint density at radius 3 is 2.58 bits per heavy atom. The molecule has 128 valence electrons. The number of H-pyrrole nitrogens is 1. The normalized spacial score (nSPS) is 16.0. The van der Waals surface area contributed by atoms with E-state index in [0.29, 0.717) is 17.3 Å². The summed E-state index contributed by atoms with van der Waals surface area (Å²) in [7, 11) is 0. The molecule has 6 nitrogen and oxygen atoms in total. The number of hydrogen-bond donors (Lipinski definition) is 2. The molecule has 1 aromatic carbocycles. The maximum atomic E-state index is 12.4. The van der Waals surface area contributed by atoms with Crippen molar-refractivity contribution in [3.8, 4) is 0 Å². The molecule has 0 bridgehead atoms. The van der Waals surface area contributed by atoms with E-state index in [4.69, 9.17) is 0 Å². The molecule has 1 fully saturated rings. The van der Waals surface area contributed by atoms with Gasteiger partial charge in [0.25, 0.3) is 11.5 Å². The predicted molar refractivity (Wildman–Crippen MR) is 94.2 cm³/mol. The molecule has 1 aliphatic heterocycles. The van der Waals surface area contributed by atoms with Crippen LogP contribution in [0.5, 0.6) is 0 Å². The number of likely N-dealkylation sites (tertiary alicyclic amines) is 1. The molecule has 0 spiro atoms. The number of aromatic amines is 1. The minimum Gasteiger partial charge on any atom is -0.351 e. The first-order valence-electron chi connectivity index (χ1n) is 8.74. The van der Waals surface area contributed by atoms with Gasteiger partial charge in [0.15, 0.2) is 5.69 Å². The zero-order valence-corrected chi connectivity index (χ0v) is 13.9. The topological polar surface area (TPSA) is 78.1 Å². The second-order valence-corrected chi connectivity index (χ2v) is 6.31. The van der Waals surface area contributed by atoms with Gasteiger partial charge < -0.3 is 10.2 Å². The first-order chi connectivity index (χ1) is 11.8. The Balaban J connectivity index is 1.56. The zero-order chi connectivity index (χ0) is 16.8. The third kappa shape index (κ3) is 4.00. The van der Waals surface area contributed by atoms with Crippen LogP contribution in [-0.4, -0.2) is 47.2 Å². The van der Waals surface area contributed by atoms with E-state index in [1.807, 2.05) is 0 Å². The summed E-state index contributed by atoms with van der Waals surface area (Å²) in [5.74, 6) is -0.238. The molecule has 24 heavy (non-hydrogen) atoms. The summed E-state index contributed by atoms with van der Waals surface area (Å²) < 4.78 is 0. The van der Waals surface area contributed by atoms with Crippen LogP contribution in [-0.2, 0) is 0 Å². The fraction of sp³-hybridized carbons (Fsp3) is 0.500. The summed E-state index contributed by atoms with van der Waals surface area (Å²) in [5, 5.41) is 10.3. The number of benzene rings is 1. The first kappa shape index (κ1) is 16.6. The minimum absolute atomic E-state index is 0.238. The average Bonchev–Trinajstić information content (AvgIpc) is 2.88. The molecule has 1 saturated heterocycles. The summed E-state index contributed by atoms with van der Waals surface area (Å²) >= 11 is 0. The number of carbonyl (C=O) groups is 1. The number of carbonyl (C=O) groups excluding carboxylic acids is 1. The SMILES string of the molecule is O=C(NCCCN1CCCCCC1)c1n[nH]c(=O)c2ccccc12. The number of hydrogen-bond acceptors (Lipinski definition) is 4. The molecule has 1 aliphatic rings. The minimum atomic E-state index is -0.275. The van der Waals surface area contributed by atoms with Gasteiger partial charge in [-0.2, -0.15) is 5.10 Å². The highest BCUT2D eigenvalue weighted by Crippen LogP contribution is 2.12. The second kappa shape index (κ2) is 8.06. The van der Waals surface area contributed by atoms with Gasteiger partial charge in [0.1, 0.15) is 0 Å². The molecule has 0 saturated carbocycles. The predicted octanol–water partition coefficient (Wildman–Crippen LogP) is 1.92. The van der Waals surface area contributed by atoms with E-state index >= 15 is 0 Å². The Hall–Kier alpha value is -2.21. The molecule has 1 aromatic heterocycles. The zero-order valence-electron chi connectivity index (χ0n) is 13.9. The lowest BCUT2D eigenvalue weighted by Gasteiger charge is -2.19. The summed E-state index contributed by atoms with van der Waals surface area (Å²) in [5.41, 5.74) is 0.00304. The largest absolute Gasteiger partial charge is 0.351 e. The Bertz CT molecular complexity index is 748. The quantitative estimate of drug-likeness (QED) is 0.822. The molecular weight excluding hydrogens is 304 g/mol. The Morgan fingerprint density at radius 1 is 1.12 bits per heavy atom. The lowest BCUT2D eigenvalue weighted by Crippen LogP contribution is -2.31. The maximum Gasteiger partial charge on any atom is 0.272 e. The van der Waals surface area contributed by atoms with Gasteiger partial charge >= 0.3 is 0 Å². The van der Waals surface area contributed by atoms with Gasteiger partial charge in [0, 0.05) is 11.9 Å². The van der Waals surface area contributed by atoms with Crippen molar-refractivity contribution in [3.63, 3.8) is 0 Å². The molecule has 1 amide bonds. The van der Waals surface area contributed by atoms with Crippen LogP contribution in [0.4, 0.5) is 0 Å². The van der Waals surface area contributed by atoms with Crippen LogP contribution in [0.1, 0.15) is 42.6 Å². The summed E-state index contributed by atoms with van der Waals surface area (Å²) in [6.45, 7) is 3.96. The molecule has 0 radical (unpaired) electrons. The lowest BCUT2D eigenvalue weighted by molar-refractivity contribution is 0.0947. The van der Waals surface area contributed by atoms with Crippen LogP contribution in [0.2, 0.25) is 0 Å². The van der Waals surface area contributed by atoms with Gasteiger partial charge in [-0.05, 0) is 45.0 Å². The van der Waals surface area contributed by atoms with Crippen LogP contribution < -0.4 is 10.9 Å². The van der Waals surface area contributed by atoms with Gasteiger partial charge in [-0.3, -0.25) is 9.59 Å². The highest BCUT2D eigenvalue weighted by molar-refractivity contribution is 6.04. The van der Waals surface area contributed by atoms with Crippen molar-refractivity contribution in [2.75, 3.05) is 26.2 Å². The van der Waals surface area contributed by atoms with Gasteiger partial charge in [0.05, 0.1) is 5.39 Å². The molecule has 2 aromatic rings. The van der Waals surface area contributed by atoms with Gasteiger partial charge in [-0.15, -0.1) is 0 Å². The van der Waals surface area contributed by atoms with E-state index in [0.717, 1.165) is 13.0 Å². The highest BCUT2D eigenvalue weighted by Gasteiger charge is 2.14. The molecule has 2 heterocycles. The van der Waals surface area contributed by atoms with Crippen molar-refractivity contribution < 1.29 is 4.79 Å². The molecule has 2 N–H and O–H groups in total. The molecule has 0 unspecified atom stereocenters. The third-order valence-corrected chi connectivity index (χ3v) is 4.55. The number of fused-ring (bicyclic) bond motifs is 1. The Morgan fingerprint density at radius 2 is 1.83 bits per heavy atom. The van der Waals surface area contributed by atoms with E-state index in [1.165, 1.54) is 38.8 Å². The van der Waals surface area contributed by atoms with Gasteiger partial charge in [-0.1, -0.05) is 31.0 Å². The average molecular weight is 328 g/mol. The van der Waals surface area contributed by atoms with Gasteiger partial charge in [0.2, 0.25) is 0 Å². The van der Waals surface area contributed by atoms with Crippen LogP contribution in [0.15, 0.2) is 29.1 Å². The van der Waals surface area contributed by atoms with Crippen molar-refractivity contribution in [2.45, 2.75) is 32.1 Å². The molecule has 0 atom stereocenters. The van der Waals surface area contributed by atoms with Crippen LogP contribution >= 0.6 is 0 Å². The first-order valence-corrected chi connectivity index (χ1v) is 8.74. The van der Waals surface area contributed by atoms with E-state index in [9.17, 15) is 9.59 Å². The number of aromatic nitrogens is 2. The van der Waals surface area contributed by atoms with Crippen molar-refractivity contribution in [2.24, 2.45) is 0 Å². The summed E-state index contributed by atoms with van der Waals surface area (Å²) in [6.07, 6.45) is 6.14. The fourth-order valence-corrected chi connectivity index (χ4v) is 3.24. The van der Waals surface area contributed by atoms with Crippen molar-refractivity contribution in [1.82, 2.24) is 20.4 Å². The number of nitrogens with one attached hydrogen (secondary N) is 2. The van der Waals surface area contributed by atoms with E-state index in [1.54, 1.807) is 24.3 Å². The third-order valence-electron chi connectivity index (χ3n) is 4.55. The number of amides is 1. The number of rotatable bonds is 5. The maximum absolute atomic E-state index is 12.4. The monoisotopic (exact) mass is 328 g/mol. The van der Waals surface area contributed by atoms with Crippen molar-refractivity contribution in [1.29, 1.82) is 0 Å². The lowest BCUT2D eigenvalue weighted by atomic mass is 10.1. The smallest absolute Gasteiger partial charge is 0.272 e. The Labute approximate surface area is 141 Å². The standard InChI is InChI=1S/C18H24N4O2/c23-17-15-9-4-3-8-14(15)16(20-21-17)18(24)19-10-7-13-22-11-5-1-2-6-12-22/h3-4,8-9H,1-2,5-7,10-13H2,(H,19,24)(H,21,23). The van der Waals surface area contributed by atoms with Gasteiger partial charge in [-0.25, -0.2) is 5.10 Å². The molecular formula is C18H24N4O2. The molecule has 0 aliphatic carbocycles. The molecule has 6 heteroatoms. The van der Waals surface area contributed by atoms with Crippen LogP contribution in [0.25, 0.3) is 10.8 Å². The van der Waals surface area contributed by atoms with Crippen molar-refractivity contribution >= 4 is 16.7 Å². The van der Waals surface area contributed by atoms with Crippen LogP contribution in [0, 0.1) is 0 Å². The fourth-order valence-electron chi connectivity index (χ4n) is 3.24. The number of nitrogens with zero attached hydrogens (tertiary/aromatic N) is 2. The van der Waals surface area contributed by atoms with Crippen molar-refractivity contribution in [3.05, 3.63) is 40.3 Å².